The van der Waals surface area contributed by atoms with Gasteiger partial charge in [0.15, 0.2) is 0 Å². The molecule has 0 aliphatic rings. The van der Waals surface area contributed by atoms with E-state index < -0.39 is 13.4 Å². The summed E-state index contributed by atoms with van der Waals surface area (Å²) in [6, 6.07) is 0. The summed E-state index contributed by atoms with van der Waals surface area (Å²) in [5.41, 5.74) is 8.19. The lowest BCUT2D eigenvalue weighted by Gasteiger charge is -2.20. The van der Waals surface area contributed by atoms with Gasteiger partial charge in [-0.3, -0.25) is 4.57 Å². The molecule has 0 fully saturated rings. The van der Waals surface area contributed by atoms with Crippen LogP contribution in [0.4, 0.5) is 0 Å². The lowest BCUT2D eigenvalue weighted by molar-refractivity contribution is 0.257. The Balaban J connectivity index is 4.72. The van der Waals surface area contributed by atoms with Crippen molar-refractivity contribution in [1.29, 1.82) is 0 Å². The van der Waals surface area contributed by atoms with Crippen molar-refractivity contribution in [2.75, 3.05) is 6.61 Å². The van der Waals surface area contributed by atoms with Gasteiger partial charge < -0.3 is 9.42 Å². The van der Waals surface area contributed by atoms with Crippen LogP contribution in [0.15, 0.2) is 5.11 Å². The monoisotopic (exact) mass is 207 g/mol. The Kier molecular flexibility index (Phi) is 5.03. The van der Waals surface area contributed by atoms with Gasteiger partial charge in [-0.2, -0.15) is 0 Å². The van der Waals surface area contributed by atoms with Gasteiger partial charge in [0.05, 0.1) is 6.61 Å². The van der Waals surface area contributed by atoms with Crippen LogP contribution >= 0.6 is 7.60 Å². The molecule has 6 nitrogen and oxygen atoms in total. The predicted molar refractivity (Wildman–Crippen MR) is 49.2 cm³/mol. The highest BCUT2D eigenvalue weighted by Crippen LogP contribution is 2.50. The van der Waals surface area contributed by atoms with Crippen molar-refractivity contribution >= 4 is 7.60 Å². The lowest BCUT2D eigenvalue weighted by Crippen LogP contribution is -2.14. The minimum absolute atomic E-state index is 0.123. The number of hydrogen-bond donors (Lipinski definition) is 1. The third-order valence-corrected chi connectivity index (χ3v) is 3.41. The molecule has 0 saturated heterocycles. The van der Waals surface area contributed by atoms with E-state index in [0.29, 0.717) is 0 Å². The molecule has 0 spiro atoms. The summed E-state index contributed by atoms with van der Waals surface area (Å²) in [7, 11) is -3.80. The maximum atomic E-state index is 11.4. The summed E-state index contributed by atoms with van der Waals surface area (Å²) in [6.45, 7) is 5.12. The average molecular weight is 207 g/mol. The first kappa shape index (κ1) is 12.5. The molecule has 2 unspecified atom stereocenters. The van der Waals surface area contributed by atoms with E-state index in [9.17, 15) is 9.46 Å². The van der Waals surface area contributed by atoms with Crippen molar-refractivity contribution in [1.82, 2.24) is 0 Å². The fourth-order valence-corrected chi connectivity index (χ4v) is 2.34. The van der Waals surface area contributed by atoms with Crippen LogP contribution in [0.5, 0.6) is 0 Å². The van der Waals surface area contributed by atoms with Crippen molar-refractivity contribution in [2.24, 2.45) is 11.0 Å². The second kappa shape index (κ2) is 5.25. The molecule has 0 aromatic carbocycles. The molecule has 0 aliphatic heterocycles. The molecule has 0 heterocycles. The van der Waals surface area contributed by atoms with Gasteiger partial charge in [-0.15, -0.1) is 0 Å². The van der Waals surface area contributed by atoms with Gasteiger partial charge >= 0.3 is 7.60 Å². The van der Waals surface area contributed by atoms with Crippen molar-refractivity contribution in [3.63, 3.8) is 0 Å². The van der Waals surface area contributed by atoms with E-state index in [4.69, 9.17) is 5.53 Å². The Morgan fingerprint density at radius 3 is 2.54 bits per heavy atom. The highest BCUT2D eigenvalue weighted by atomic mass is 31.2. The summed E-state index contributed by atoms with van der Waals surface area (Å²) in [4.78, 5) is 11.9. The summed E-state index contributed by atoms with van der Waals surface area (Å²) in [5, 5.41) is 3.26. The second-order valence-electron chi connectivity index (χ2n) is 2.84. The van der Waals surface area contributed by atoms with Crippen LogP contribution in [0.25, 0.3) is 10.4 Å². The predicted octanol–water partition coefficient (Wildman–Crippen LogP) is 2.50. The molecule has 0 aromatic heterocycles. The van der Waals surface area contributed by atoms with E-state index in [0.717, 1.165) is 0 Å². The van der Waals surface area contributed by atoms with Crippen LogP contribution in [-0.4, -0.2) is 17.3 Å². The molecule has 0 bridgehead atoms. The zero-order valence-corrected chi connectivity index (χ0v) is 8.81. The van der Waals surface area contributed by atoms with Gasteiger partial charge in [0.1, 0.15) is 5.78 Å². The van der Waals surface area contributed by atoms with Crippen molar-refractivity contribution in [2.45, 2.75) is 26.6 Å². The normalized spacial score (nSPS) is 17.6. The fourth-order valence-electron chi connectivity index (χ4n) is 0.890. The average Bonchev–Trinajstić information content (AvgIpc) is 1.99. The first-order valence-electron chi connectivity index (χ1n) is 3.97. The third kappa shape index (κ3) is 3.79. The Morgan fingerprint density at radius 1 is 1.69 bits per heavy atom. The molecule has 1 N–H and O–H groups in total. The number of azide groups is 1. The van der Waals surface area contributed by atoms with Gasteiger partial charge in [0.2, 0.25) is 0 Å². The molecule has 2 atom stereocenters. The SMILES string of the molecule is CCOP(=O)(O)C(N=[N+]=[N-])C(C)C. The number of hydrogen-bond acceptors (Lipinski definition) is 3. The minimum Gasteiger partial charge on any atom is -0.324 e. The van der Waals surface area contributed by atoms with Crippen LogP contribution < -0.4 is 0 Å². The largest absolute Gasteiger partial charge is 0.337 e. The van der Waals surface area contributed by atoms with E-state index in [1.54, 1.807) is 20.8 Å². The van der Waals surface area contributed by atoms with E-state index in [2.05, 4.69) is 14.5 Å². The molecular formula is C6H14N3O3P. The van der Waals surface area contributed by atoms with Crippen LogP contribution in [0, 0.1) is 5.92 Å². The zero-order valence-electron chi connectivity index (χ0n) is 7.91. The molecule has 13 heavy (non-hydrogen) atoms. The van der Waals surface area contributed by atoms with Gasteiger partial charge in [0, 0.05) is 4.91 Å². The number of rotatable bonds is 5. The molecule has 0 saturated carbocycles. The van der Waals surface area contributed by atoms with Gasteiger partial charge in [-0.05, 0) is 18.4 Å². The number of nitrogens with zero attached hydrogens (tertiary/aromatic N) is 3. The Labute approximate surface area is 77.1 Å². The maximum absolute atomic E-state index is 11.4. The molecule has 0 aromatic rings. The summed E-state index contributed by atoms with van der Waals surface area (Å²) < 4.78 is 16.1. The molecule has 7 heteroatoms. The minimum atomic E-state index is -3.80. The van der Waals surface area contributed by atoms with E-state index in [-0.39, 0.29) is 12.5 Å². The molecule has 0 aliphatic carbocycles. The first-order valence-corrected chi connectivity index (χ1v) is 5.61. The van der Waals surface area contributed by atoms with Gasteiger partial charge in [-0.1, -0.05) is 19.0 Å². The van der Waals surface area contributed by atoms with Crippen LogP contribution in [0.1, 0.15) is 20.8 Å². The van der Waals surface area contributed by atoms with Crippen molar-refractivity contribution in [3.8, 4) is 0 Å². The molecule has 76 valence electrons. The summed E-state index contributed by atoms with van der Waals surface area (Å²) in [6.07, 6.45) is 0. The lowest BCUT2D eigenvalue weighted by atomic mass is 10.2. The third-order valence-electron chi connectivity index (χ3n) is 1.41. The quantitative estimate of drug-likeness (QED) is 0.324. The van der Waals surface area contributed by atoms with E-state index in [1.807, 2.05) is 0 Å². The van der Waals surface area contributed by atoms with Crippen LogP contribution in [0.3, 0.4) is 0 Å². The molecule has 0 rings (SSSR count). The maximum Gasteiger partial charge on any atom is 0.337 e. The van der Waals surface area contributed by atoms with Crippen LogP contribution in [-0.2, 0) is 9.09 Å². The smallest absolute Gasteiger partial charge is 0.324 e. The van der Waals surface area contributed by atoms with E-state index >= 15 is 0 Å². The zero-order chi connectivity index (χ0) is 10.5. The molecule has 0 radical (unpaired) electrons. The summed E-state index contributed by atoms with van der Waals surface area (Å²) in [5.74, 6) is -1.23. The van der Waals surface area contributed by atoms with Crippen LogP contribution in [0.2, 0.25) is 0 Å². The topological polar surface area (TPSA) is 95.3 Å². The van der Waals surface area contributed by atoms with E-state index in [1.165, 1.54) is 0 Å². The van der Waals surface area contributed by atoms with Crippen molar-refractivity contribution < 1.29 is 14.0 Å². The standard InChI is InChI=1S/C6H14N3O3P/c1-4-12-13(10,11)6(5(2)3)8-9-7/h5-6H,4H2,1-3H3,(H,10,11). The van der Waals surface area contributed by atoms with Crippen molar-refractivity contribution in [3.05, 3.63) is 10.4 Å². The fraction of sp³-hybridized carbons (Fsp3) is 1.00. The Bertz CT molecular complexity index is 250. The van der Waals surface area contributed by atoms with Gasteiger partial charge in [0.25, 0.3) is 0 Å². The Hall–Kier alpha value is -0.540. The second-order valence-corrected chi connectivity index (χ2v) is 4.76. The highest BCUT2D eigenvalue weighted by Gasteiger charge is 2.33. The molecule has 0 amide bonds. The van der Waals surface area contributed by atoms with Gasteiger partial charge in [-0.25, -0.2) is 0 Å². The Morgan fingerprint density at radius 2 is 2.23 bits per heavy atom. The first-order chi connectivity index (χ1) is 5.95. The molecular weight excluding hydrogens is 193 g/mol. The summed E-state index contributed by atoms with van der Waals surface area (Å²) >= 11 is 0. The highest BCUT2D eigenvalue weighted by molar-refractivity contribution is 7.53.